The highest BCUT2D eigenvalue weighted by Gasteiger charge is 2.19. The molecular weight excluding hydrogens is 733 g/mol. The van der Waals surface area contributed by atoms with Crippen molar-refractivity contribution in [1.29, 1.82) is 0 Å². The van der Waals surface area contributed by atoms with Gasteiger partial charge in [0.1, 0.15) is 13.2 Å². The third kappa shape index (κ3) is 46.3. The van der Waals surface area contributed by atoms with Crippen LogP contribution in [-0.4, -0.2) is 37.2 Å². The second-order valence-electron chi connectivity index (χ2n) is 16.8. The Bertz CT molecular complexity index is 1040. The first-order valence-electron chi connectivity index (χ1n) is 25.2. The van der Waals surface area contributed by atoms with E-state index < -0.39 is 6.10 Å². The molecule has 0 radical (unpaired) electrons. The Morgan fingerprint density at radius 1 is 0.339 bits per heavy atom. The van der Waals surface area contributed by atoms with E-state index in [1.807, 2.05) is 0 Å². The van der Waals surface area contributed by atoms with Crippen LogP contribution < -0.4 is 0 Å². The molecule has 0 aliphatic rings. The summed E-state index contributed by atoms with van der Waals surface area (Å²) in [6.07, 6.45) is 56.5. The van der Waals surface area contributed by atoms with Crippen molar-refractivity contribution >= 4 is 17.9 Å². The second kappa shape index (κ2) is 48.0. The molecule has 59 heavy (non-hydrogen) atoms. The van der Waals surface area contributed by atoms with Crippen molar-refractivity contribution in [3.8, 4) is 0 Å². The minimum atomic E-state index is -0.777. The predicted molar refractivity (Wildman–Crippen MR) is 252 cm³/mol. The van der Waals surface area contributed by atoms with Gasteiger partial charge in [-0.15, -0.1) is 0 Å². The van der Waals surface area contributed by atoms with E-state index in [2.05, 4.69) is 69.4 Å². The maximum atomic E-state index is 12.7. The van der Waals surface area contributed by atoms with Gasteiger partial charge in [-0.1, -0.05) is 236 Å². The van der Waals surface area contributed by atoms with Crippen molar-refractivity contribution in [2.45, 2.75) is 258 Å². The summed E-state index contributed by atoms with van der Waals surface area (Å²) in [5.74, 6) is -0.895. The Morgan fingerprint density at radius 3 is 0.983 bits per heavy atom. The first-order valence-corrected chi connectivity index (χ1v) is 25.2. The molecule has 0 aromatic rings. The van der Waals surface area contributed by atoms with Gasteiger partial charge in [-0.05, 0) is 44.9 Å². The highest BCUT2D eigenvalue weighted by Crippen LogP contribution is 2.15. The molecule has 0 aliphatic carbocycles. The van der Waals surface area contributed by atoms with Gasteiger partial charge in [0.05, 0.1) is 0 Å². The lowest BCUT2D eigenvalue weighted by Gasteiger charge is -2.18. The third-order valence-electron chi connectivity index (χ3n) is 10.9. The smallest absolute Gasteiger partial charge is 0.306 e. The fourth-order valence-electron chi connectivity index (χ4n) is 7.10. The molecule has 6 heteroatoms. The Labute approximate surface area is 365 Å². The quantitative estimate of drug-likeness (QED) is 0.0263. The van der Waals surface area contributed by atoms with Crippen LogP contribution in [0.3, 0.4) is 0 Å². The third-order valence-corrected chi connectivity index (χ3v) is 10.9. The van der Waals surface area contributed by atoms with Crippen molar-refractivity contribution in [3.63, 3.8) is 0 Å². The zero-order valence-corrected chi connectivity index (χ0v) is 39.0. The van der Waals surface area contributed by atoms with Crippen LogP contribution in [0.2, 0.25) is 0 Å². The molecule has 0 saturated heterocycles. The number of esters is 3. The summed E-state index contributed by atoms with van der Waals surface area (Å²) in [6, 6.07) is 0. The van der Waals surface area contributed by atoms with Gasteiger partial charge in [0, 0.05) is 19.3 Å². The average molecular weight is 827 g/mol. The molecule has 6 nitrogen and oxygen atoms in total. The Hall–Kier alpha value is -2.63. The van der Waals surface area contributed by atoms with Gasteiger partial charge in [-0.2, -0.15) is 0 Å². The molecule has 342 valence electrons. The lowest BCUT2D eigenvalue weighted by molar-refractivity contribution is -0.167. The number of allylic oxidation sites excluding steroid dienone is 8. The molecule has 0 spiro atoms. The molecule has 0 saturated carbocycles. The fraction of sp³-hybridized carbons (Fsp3) is 0.792. The van der Waals surface area contributed by atoms with Crippen LogP contribution >= 0.6 is 0 Å². The van der Waals surface area contributed by atoms with Crippen molar-refractivity contribution in [3.05, 3.63) is 48.6 Å². The molecular formula is C53H94O6. The SMILES string of the molecule is CCCCC\C=C/C=C\C=C/C=C\CCCCCCCC(=O)OCC(COC(=O)CCCCCCCCCCCCC)OC(=O)CCCCCCCCCCCCCC. The second-order valence-corrected chi connectivity index (χ2v) is 16.8. The van der Waals surface area contributed by atoms with Gasteiger partial charge in [0.25, 0.3) is 0 Å². The van der Waals surface area contributed by atoms with Crippen LogP contribution in [0.25, 0.3) is 0 Å². The summed E-state index contributed by atoms with van der Waals surface area (Å²) in [6.45, 7) is 6.58. The number of carbonyl (C=O) groups is 3. The zero-order valence-electron chi connectivity index (χ0n) is 39.0. The van der Waals surface area contributed by atoms with Crippen molar-refractivity contribution in [2.75, 3.05) is 13.2 Å². The summed E-state index contributed by atoms with van der Waals surface area (Å²) in [5, 5.41) is 0. The minimum absolute atomic E-state index is 0.0776. The normalized spacial score (nSPS) is 12.4. The molecule has 0 aliphatic heterocycles. The van der Waals surface area contributed by atoms with Crippen molar-refractivity contribution in [2.24, 2.45) is 0 Å². The predicted octanol–water partition coefficient (Wildman–Crippen LogP) is 16.3. The maximum absolute atomic E-state index is 12.7. The van der Waals surface area contributed by atoms with E-state index in [0.717, 1.165) is 83.5 Å². The van der Waals surface area contributed by atoms with Crippen molar-refractivity contribution < 1.29 is 28.6 Å². The summed E-state index contributed by atoms with van der Waals surface area (Å²) >= 11 is 0. The molecule has 0 N–H and O–H groups in total. The Kier molecular flexibility index (Phi) is 45.9. The average Bonchev–Trinajstić information content (AvgIpc) is 3.23. The Morgan fingerprint density at radius 2 is 0.610 bits per heavy atom. The van der Waals surface area contributed by atoms with Crippen LogP contribution in [0.4, 0.5) is 0 Å². The van der Waals surface area contributed by atoms with E-state index in [0.29, 0.717) is 19.3 Å². The number of ether oxygens (including phenoxy) is 3. The van der Waals surface area contributed by atoms with E-state index in [1.165, 1.54) is 128 Å². The minimum Gasteiger partial charge on any atom is -0.462 e. The summed E-state index contributed by atoms with van der Waals surface area (Å²) in [4.78, 5) is 37.9. The van der Waals surface area contributed by atoms with Gasteiger partial charge < -0.3 is 14.2 Å². The van der Waals surface area contributed by atoms with Crippen LogP contribution in [-0.2, 0) is 28.6 Å². The number of carbonyl (C=O) groups excluding carboxylic acids is 3. The number of unbranched alkanes of at least 4 members (excludes halogenated alkanes) is 29. The van der Waals surface area contributed by atoms with Gasteiger partial charge in [-0.25, -0.2) is 0 Å². The van der Waals surface area contributed by atoms with Crippen LogP contribution in [0.5, 0.6) is 0 Å². The summed E-state index contributed by atoms with van der Waals surface area (Å²) in [7, 11) is 0. The number of hydrogen-bond donors (Lipinski definition) is 0. The molecule has 1 atom stereocenters. The molecule has 1 unspecified atom stereocenters. The highest BCUT2D eigenvalue weighted by atomic mass is 16.6. The van der Waals surface area contributed by atoms with Gasteiger partial charge in [0.2, 0.25) is 0 Å². The van der Waals surface area contributed by atoms with E-state index in [9.17, 15) is 14.4 Å². The molecule has 0 rings (SSSR count). The van der Waals surface area contributed by atoms with E-state index in [4.69, 9.17) is 14.2 Å². The summed E-state index contributed by atoms with van der Waals surface area (Å²) < 4.78 is 16.7. The molecule has 0 aromatic heterocycles. The standard InChI is InChI=1S/C53H94O6/c1-4-7-10-13-16-19-22-24-25-26-27-28-29-32-34-37-40-43-46-52(55)58-49-50(48-57-51(54)45-42-39-36-33-30-21-18-15-12-9-6-3)59-53(56)47-44-41-38-35-31-23-20-17-14-11-8-5-2/h16,19,22,24-28,50H,4-15,17-18,20-21,23,29-49H2,1-3H3/b19-16-,24-22-,26-25-,28-27-. The number of rotatable bonds is 45. The van der Waals surface area contributed by atoms with Crippen LogP contribution in [0, 0.1) is 0 Å². The monoisotopic (exact) mass is 827 g/mol. The van der Waals surface area contributed by atoms with E-state index >= 15 is 0 Å². The van der Waals surface area contributed by atoms with Gasteiger partial charge in [0.15, 0.2) is 6.10 Å². The lowest BCUT2D eigenvalue weighted by Crippen LogP contribution is -2.30. The highest BCUT2D eigenvalue weighted by molar-refractivity contribution is 5.71. The largest absolute Gasteiger partial charge is 0.462 e. The topological polar surface area (TPSA) is 78.9 Å². The zero-order chi connectivity index (χ0) is 43.0. The molecule has 0 amide bonds. The maximum Gasteiger partial charge on any atom is 0.306 e. The Balaban J connectivity index is 4.38. The lowest BCUT2D eigenvalue weighted by atomic mass is 10.0. The molecule has 0 heterocycles. The fourth-order valence-corrected chi connectivity index (χ4v) is 7.10. The van der Waals surface area contributed by atoms with Crippen molar-refractivity contribution in [1.82, 2.24) is 0 Å². The summed E-state index contributed by atoms with van der Waals surface area (Å²) in [5.41, 5.74) is 0. The van der Waals surface area contributed by atoms with Crippen LogP contribution in [0.1, 0.15) is 252 Å². The molecule has 0 fully saturated rings. The van der Waals surface area contributed by atoms with Gasteiger partial charge in [-0.3, -0.25) is 14.4 Å². The first kappa shape index (κ1) is 56.4. The van der Waals surface area contributed by atoms with Crippen LogP contribution in [0.15, 0.2) is 48.6 Å². The molecule has 0 aromatic carbocycles. The first-order chi connectivity index (χ1) is 29.0. The molecule has 0 bridgehead atoms. The number of hydrogen-bond acceptors (Lipinski definition) is 6. The van der Waals surface area contributed by atoms with Gasteiger partial charge >= 0.3 is 17.9 Å². The van der Waals surface area contributed by atoms with E-state index in [-0.39, 0.29) is 31.1 Å². The van der Waals surface area contributed by atoms with E-state index in [1.54, 1.807) is 0 Å².